The van der Waals surface area contributed by atoms with Gasteiger partial charge < -0.3 is 9.47 Å². The lowest BCUT2D eigenvalue weighted by Gasteiger charge is -2.19. The van der Waals surface area contributed by atoms with E-state index < -0.39 is 15.6 Å². The number of nitrogens with one attached hydrogen (secondary N) is 1. The van der Waals surface area contributed by atoms with Crippen molar-refractivity contribution in [2.45, 2.75) is 38.1 Å². The van der Waals surface area contributed by atoms with Crippen LogP contribution < -0.4 is 14.2 Å². The smallest absolute Gasteiger partial charge is 0.212 e. The van der Waals surface area contributed by atoms with Crippen molar-refractivity contribution in [2.75, 3.05) is 20.0 Å². The Balaban J connectivity index is 2.21. The van der Waals surface area contributed by atoms with E-state index in [1.807, 2.05) is 25.1 Å². The molecule has 6 heteroatoms. The number of methoxy groups -OCH3 is 2. The van der Waals surface area contributed by atoms with E-state index in [1.165, 1.54) is 0 Å². The van der Waals surface area contributed by atoms with Crippen molar-refractivity contribution in [2.24, 2.45) is 0 Å². The van der Waals surface area contributed by atoms with E-state index in [9.17, 15) is 8.42 Å². The fraction of sp³-hybridized carbons (Fsp3) is 0.600. The van der Waals surface area contributed by atoms with Crippen LogP contribution in [0.4, 0.5) is 0 Å². The van der Waals surface area contributed by atoms with Gasteiger partial charge in [-0.05, 0) is 37.0 Å². The molecular weight excluding hydrogens is 290 g/mol. The van der Waals surface area contributed by atoms with E-state index in [2.05, 4.69) is 4.72 Å². The zero-order chi connectivity index (χ0) is 15.5. The van der Waals surface area contributed by atoms with Crippen LogP contribution in [-0.2, 0) is 15.6 Å². The van der Waals surface area contributed by atoms with Gasteiger partial charge in [0.05, 0.1) is 25.5 Å². The molecule has 5 nitrogen and oxygen atoms in total. The van der Waals surface area contributed by atoms with Gasteiger partial charge in [0, 0.05) is 0 Å². The van der Waals surface area contributed by atoms with Gasteiger partial charge in [0.1, 0.15) is 0 Å². The van der Waals surface area contributed by atoms with Gasteiger partial charge in [-0.15, -0.1) is 0 Å². The van der Waals surface area contributed by atoms with Crippen molar-refractivity contribution < 1.29 is 17.9 Å². The molecular formula is C15H23NO4S. The lowest BCUT2D eigenvalue weighted by molar-refractivity contribution is 0.354. The van der Waals surface area contributed by atoms with Crippen LogP contribution in [0.15, 0.2) is 18.2 Å². The Hall–Kier alpha value is -1.27. The molecule has 0 aromatic heterocycles. The summed E-state index contributed by atoms with van der Waals surface area (Å²) in [5.41, 5.74) is 0.465. The topological polar surface area (TPSA) is 64.6 Å². The first-order chi connectivity index (χ1) is 9.96. The number of benzene rings is 1. The summed E-state index contributed by atoms with van der Waals surface area (Å²) in [5, 5.41) is 0. The summed E-state index contributed by atoms with van der Waals surface area (Å²) in [4.78, 5) is 0. The molecule has 1 aliphatic rings. The Morgan fingerprint density at radius 1 is 1.19 bits per heavy atom. The van der Waals surface area contributed by atoms with Crippen molar-refractivity contribution in [1.82, 2.24) is 4.72 Å². The lowest BCUT2D eigenvalue weighted by Crippen LogP contribution is -2.36. The maximum atomic E-state index is 12.1. The summed E-state index contributed by atoms with van der Waals surface area (Å²) in [6.45, 7) is 1.98. The molecule has 0 radical (unpaired) electrons. The first kappa shape index (κ1) is 16.1. The van der Waals surface area contributed by atoms with Gasteiger partial charge in [0.2, 0.25) is 10.0 Å². The minimum Gasteiger partial charge on any atom is -0.493 e. The molecule has 0 atom stereocenters. The predicted molar refractivity (Wildman–Crippen MR) is 82.3 cm³/mol. The third kappa shape index (κ3) is 3.68. The van der Waals surface area contributed by atoms with Crippen LogP contribution in [0, 0.1) is 0 Å². The van der Waals surface area contributed by atoms with Crippen molar-refractivity contribution in [3.05, 3.63) is 23.8 Å². The average molecular weight is 313 g/mol. The molecule has 1 saturated carbocycles. The average Bonchev–Trinajstić information content (AvgIpc) is 3.24. The van der Waals surface area contributed by atoms with E-state index in [1.54, 1.807) is 14.2 Å². The largest absolute Gasteiger partial charge is 0.493 e. The molecule has 0 spiro atoms. The number of sulfonamides is 1. The van der Waals surface area contributed by atoms with Gasteiger partial charge in [0.15, 0.2) is 11.5 Å². The van der Waals surface area contributed by atoms with Crippen LogP contribution in [0.5, 0.6) is 11.5 Å². The summed E-state index contributed by atoms with van der Waals surface area (Å²) in [5.74, 6) is 1.44. The monoisotopic (exact) mass is 313 g/mol. The highest BCUT2D eigenvalue weighted by atomic mass is 32.2. The molecule has 1 N–H and O–H groups in total. The second kappa shape index (κ2) is 6.23. The Morgan fingerprint density at radius 3 is 2.38 bits per heavy atom. The van der Waals surface area contributed by atoms with Crippen LogP contribution in [0.3, 0.4) is 0 Å². The van der Waals surface area contributed by atoms with E-state index in [0.29, 0.717) is 17.9 Å². The van der Waals surface area contributed by atoms with Crippen molar-refractivity contribution >= 4 is 10.0 Å². The van der Waals surface area contributed by atoms with Gasteiger partial charge in [0.25, 0.3) is 0 Å². The first-order valence-electron chi connectivity index (χ1n) is 7.20. The lowest BCUT2D eigenvalue weighted by atomic mass is 10.1. The van der Waals surface area contributed by atoms with Crippen molar-refractivity contribution in [1.29, 1.82) is 0 Å². The maximum absolute atomic E-state index is 12.1. The van der Waals surface area contributed by atoms with Gasteiger partial charge in [-0.3, -0.25) is 0 Å². The van der Waals surface area contributed by atoms with E-state index in [4.69, 9.17) is 9.47 Å². The molecule has 2 rings (SSSR count). The molecule has 1 aromatic rings. The Kier molecular flexibility index (Phi) is 4.78. The third-order valence-corrected chi connectivity index (χ3v) is 5.33. The fourth-order valence-electron chi connectivity index (χ4n) is 2.39. The number of unbranched alkanes of at least 4 members (excludes halogenated alkanes) is 1. The maximum Gasteiger partial charge on any atom is 0.212 e. The summed E-state index contributed by atoms with van der Waals surface area (Å²) in [7, 11) is -0.0871. The Labute approximate surface area is 126 Å². The summed E-state index contributed by atoms with van der Waals surface area (Å²) >= 11 is 0. The highest BCUT2D eigenvalue weighted by molar-refractivity contribution is 7.89. The normalized spacial score (nSPS) is 16.5. The van der Waals surface area contributed by atoms with E-state index >= 15 is 0 Å². The molecule has 118 valence electrons. The number of hydrogen-bond acceptors (Lipinski definition) is 4. The molecule has 1 aliphatic carbocycles. The summed E-state index contributed by atoms with van der Waals surface area (Å²) in [6, 6.07) is 5.57. The van der Waals surface area contributed by atoms with Gasteiger partial charge in [-0.25, -0.2) is 13.1 Å². The molecule has 0 bridgehead atoms. The van der Waals surface area contributed by atoms with E-state index in [0.717, 1.165) is 24.8 Å². The standard InChI is InChI=1S/C15H23NO4S/c1-4-5-10-21(17,18)16-15(8-9-15)12-6-7-13(19-2)14(11-12)20-3/h6-7,11,16H,4-5,8-10H2,1-3H3. The van der Waals surface area contributed by atoms with Crippen LogP contribution in [-0.4, -0.2) is 28.4 Å². The number of ether oxygens (including phenoxy) is 2. The second-order valence-corrected chi connectivity index (χ2v) is 7.27. The highest BCUT2D eigenvalue weighted by Crippen LogP contribution is 2.48. The first-order valence-corrected chi connectivity index (χ1v) is 8.86. The summed E-state index contributed by atoms with van der Waals surface area (Å²) < 4.78 is 37.6. The minimum absolute atomic E-state index is 0.179. The molecule has 0 heterocycles. The van der Waals surface area contributed by atoms with Crippen molar-refractivity contribution in [3.8, 4) is 11.5 Å². The Bertz CT molecular complexity index is 594. The van der Waals surface area contributed by atoms with Gasteiger partial charge in [-0.1, -0.05) is 19.4 Å². The molecule has 1 fully saturated rings. The molecule has 1 aromatic carbocycles. The SMILES string of the molecule is CCCCS(=O)(=O)NC1(c2ccc(OC)c(OC)c2)CC1. The minimum atomic E-state index is -3.24. The van der Waals surface area contributed by atoms with E-state index in [-0.39, 0.29) is 5.75 Å². The Morgan fingerprint density at radius 2 is 1.86 bits per heavy atom. The zero-order valence-electron chi connectivity index (χ0n) is 12.8. The van der Waals surface area contributed by atoms with Crippen LogP contribution in [0.2, 0.25) is 0 Å². The molecule has 0 amide bonds. The molecule has 0 aliphatic heterocycles. The number of hydrogen-bond donors (Lipinski definition) is 1. The van der Waals surface area contributed by atoms with Gasteiger partial charge >= 0.3 is 0 Å². The molecule has 0 saturated heterocycles. The predicted octanol–water partition coefficient (Wildman–Crippen LogP) is 2.41. The molecule has 0 unspecified atom stereocenters. The second-order valence-electron chi connectivity index (χ2n) is 5.43. The van der Waals surface area contributed by atoms with Crippen LogP contribution in [0.1, 0.15) is 38.2 Å². The van der Waals surface area contributed by atoms with Gasteiger partial charge in [-0.2, -0.15) is 0 Å². The quantitative estimate of drug-likeness (QED) is 0.800. The third-order valence-electron chi connectivity index (χ3n) is 3.80. The molecule has 21 heavy (non-hydrogen) atoms. The van der Waals surface area contributed by atoms with Crippen LogP contribution >= 0.6 is 0 Å². The number of rotatable bonds is 8. The zero-order valence-corrected chi connectivity index (χ0v) is 13.6. The van der Waals surface area contributed by atoms with Crippen molar-refractivity contribution in [3.63, 3.8) is 0 Å². The van der Waals surface area contributed by atoms with Crippen LogP contribution in [0.25, 0.3) is 0 Å². The highest BCUT2D eigenvalue weighted by Gasteiger charge is 2.47. The fourth-order valence-corrected chi connectivity index (χ4v) is 4.08. The summed E-state index contributed by atoms with van der Waals surface area (Å²) in [6.07, 6.45) is 3.17.